The van der Waals surface area contributed by atoms with Crippen LogP contribution in [-0.2, 0) is 10.0 Å². The molecular weight excluding hydrogens is 510 g/mol. The fourth-order valence-corrected chi connectivity index (χ4v) is 6.05. The van der Waals surface area contributed by atoms with E-state index in [0.29, 0.717) is 37.4 Å². The normalized spacial score (nSPS) is 14.3. The molecule has 2 N–H and O–H groups in total. The molecule has 1 aliphatic heterocycles. The number of nitrogens with zero attached hydrogens (tertiary/aromatic N) is 4. The van der Waals surface area contributed by atoms with Crippen molar-refractivity contribution in [2.45, 2.75) is 4.90 Å². The first-order chi connectivity index (χ1) is 16.8. The summed E-state index contributed by atoms with van der Waals surface area (Å²) in [6, 6.07) is 16.3. The molecule has 0 radical (unpaired) electrons. The Morgan fingerprint density at radius 1 is 1.00 bits per heavy atom. The van der Waals surface area contributed by atoms with Crippen molar-refractivity contribution in [1.29, 1.82) is 0 Å². The summed E-state index contributed by atoms with van der Waals surface area (Å²) >= 11 is 7.08. The molecule has 0 bridgehead atoms. The Bertz CT molecular complexity index is 1520. The van der Waals surface area contributed by atoms with Gasteiger partial charge in [0.25, 0.3) is 15.9 Å². The van der Waals surface area contributed by atoms with Gasteiger partial charge in [0.1, 0.15) is 21.7 Å². The predicted molar refractivity (Wildman–Crippen MR) is 136 cm³/mol. The molecule has 0 atom stereocenters. The molecule has 0 saturated carbocycles. The number of nitrogens with one attached hydrogen (secondary N) is 1. The Hall–Kier alpha value is -3.41. The number of hydrogen-bond acceptors (Lipinski definition) is 8. The van der Waals surface area contributed by atoms with Gasteiger partial charge in [0, 0.05) is 31.2 Å². The van der Waals surface area contributed by atoms with Crippen LogP contribution in [0.25, 0.3) is 11.0 Å². The van der Waals surface area contributed by atoms with Crippen LogP contribution >= 0.6 is 23.3 Å². The number of aromatic nitrogens is 2. The summed E-state index contributed by atoms with van der Waals surface area (Å²) in [5.74, 6) is -0.128. The average Bonchev–Trinajstić information content (AvgIpc) is 3.33. The Kier molecular flexibility index (Phi) is 6.22. The summed E-state index contributed by atoms with van der Waals surface area (Å²) in [4.78, 5) is 17.0. The standard InChI is InChI=1S/C23H20ClN5O4S2/c24-15-8-9-16(23(31)29-12-10-28(11-13-29)19-5-1-2-6-20(19)30)18(14-15)27-35(32,33)21-7-3-4-17-22(21)26-34-25-17/h1-9,14,27,30H,10-13H2. The number of carbonyl (C=O) groups is 1. The van der Waals surface area contributed by atoms with Gasteiger partial charge >= 0.3 is 0 Å². The zero-order valence-corrected chi connectivity index (χ0v) is 20.6. The number of phenolic OH excluding ortho intramolecular Hbond substituents is 1. The molecule has 4 aromatic rings. The van der Waals surface area contributed by atoms with Crippen molar-refractivity contribution in [3.8, 4) is 5.75 Å². The van der Waals surface area contributed by atoms with Gasteiger partial charge in [-0.1, -0.05) is 29.8 Å². The molecule has 2 heterocycles. The molecule has 5 rings (SSSR count). The topological polar surface area (TPSA) is 116 Å². The van der Waals surface area contributed by atoms with Crippen LogP contribution in [0.3, 0.4) is 0 Å². The summed E-state index contributed by atoms with van der Waals surface area (Å²) in [5, 5.41) is 10.4. The van der Waals surface area contributed by atoms with Gasteiger partial charge in [-0.25, -0.2) is 8.42 Å². The van der Waals surface area contributed by atoms with Gasteiger partial charge in [-0.3, -0.25) is 9.52 Å². The number of hydrogen-bond donors (Lipinski definition) is 2. The number of sulfonamides is 1. The van der Waals surface area contributed by atoms with Gasteiger partial charge in [0.2, 0.25) is 0 Å². The van der Waals surface area contributed by atoms with Gasteiger partial charge in [-0.05, 0) is 42.5 Å². The molecule has 1 amide bonds. The molecule has 0 aliphatic carbocycles. The highest BCUT2D eigenvalue weighted by Gasteiger charge is 2.27. The summed E-state index contributed by atoms with van der Waals surface area (Å²) < 4.78 is 37.2. The van der Waals surface area contributed by atoms with Crippen LogP contribution in [0.1, 0.15) is 10.4 Å². The third-order valence-electron chi connectivity index (χ3n) is 5.78. The first kappa shape index (κ1) is 23.3. The molecule has 1 saturated heterocycles. The van der Waals surface area contributed by atoms with E-state index in [4.69, 9.17) is 11.6 Å². The van der Waals surface area contributed by atoms with Gasteiger partial charge < -0.3 is 14.9 Å². The highest BCUT2D eigenvalue weighted by Crippen LogP contribution is 2.30. The second-order valence-electron chi connectivity index (χ2n) is 7.95. The Labute approximate surface area is 210 Å². The predicted octanol–water partition coefficient (Wildman–Crippen LogP) is 3.81. The lowest BCUT2D eigenvalue weighted by molar-refractivity contribution is 0.0748. The van der Waals surface area contributed by atoms with Crippen LogP contribution < -0.4 is 9.62 Å². The number of piperazine rings is 1. The molecule has 12 heteroatoms. The van der Waals surface area contributed by atoms with E-state index in [1.807, 2.05) is 17.0 Å². The first-order valence-electron chi connectivity index (χ1n) is 10.7. The number of amides is 1. The molecule has 35 heavy (non-hydrogen) atoms. The Morgan fingerprint density at radius 2 is 1.77 bits per heavy atom. The number of rotatable bonds is 5. The number of benzene rings is 3. The van der Waals surface area contributed by atoms with E-state index >= 15 is 0 Å². The zero-order valence-electron chi connectivity index (χ0n) is 18.3. The molecule has 0 spiro atoms. The number of fused-ring (bicyclic) bond motifs is 1. The van der Waals surface area contributed by atoms with Gasteiger partial charge in [-0.15, -0.1) is 0 Å². The summed E-state index contributed by atoms with van der Waals surface area (Å²) in [5.41, 5.74) is 1.73. The van der Waals surface area contributed by atoms with Crippen LogP contribution in [-0.4, -0.2) is 59.3 Å². The highest BCUT2D eigenvalue weighted by molar-refractivity contribution is 7.93. The monoisotopic (exact) mass is 529 g/mol. The van der Waals surface area contributed by atoms with Crippen LogP contribution in [0.2, 0.25) is 5.02 Å². The Morgan fingerprint density at radius 3 is 2.54 bits per heavy atom. The fraction of sp³-hybridized carbons (Fsp3) is 0.174. The second kappa shape index (κ2) is 9.33. The molecule has 9 nitrogen and oxygen atoms in total. The summed E-state index contributed by atoms with van der Waals surface area (Å²) in [7, 11) is -4.07. The maximum atomic E-state index is 13.4. The smallest absolute Gasteiger partial charge is 0.264 e. The number of anilines is 2. The van der Waals surface area contributed by atoms with Crippen LogP contribution in [0.4, 0.5) is 11.4 Å². The number of phenols is 1. The number of carbonyl (C=O) groups excluding carboxylic acids is 1. The van der Waals surface area contributed by atoms with Crippen molar-refractivity contribution >= 4 is 61.7 Å². The average molecular weight is 530 g/mol. The highest BCUT2D eigenvalue weighted by atomic mass is 35.5. The second-order valence-corrected chi connectivity index (χ2v) is 10.6. The minimum absolute atomic E-state index is 0.0293. The van der Waals surface area contributed by atoms with Crippen molar-refractivity contribution < 1.29 is 18.3 Å². The van der Waals surface area contributed by atoms with Gasteiger partial charge in [0.05, 0.1) is 28.7 Å². The quantitative estimate of drug-likeness (QED) is 0.404. The molecule has 1 fully saturated rings. The SMILES string of the molecule is O=C(c1ccc(Cl)cc1NS(=O)(=O)c1cccc2nsnc12)N1CCN(c2ccccc2O)CC1. The summed E-state index contributed by atoms with van der Waals surface area (Å²) in [6.45, 7) is 1.87. The van der Waals surface area contributed by atoms with Crippen LogP contribution in [0, 0.1) is 0 Å². The van der Waals surface area contributed by atoms with Crippen molar-refractivity contribution in [1.82, 2.24) is 13.6 Å². The third-order valence-corrected chi connectivity index (χ3v) is 7.96. The first-order valence-corrected chi connectivity index (χ1v) is 13.3. The van der Waals surface area contributed by atoms with Crippen molar-refractivity contribution in [3.05, 3.63) is 71.2 Å². The minimum Gasteiger partial charge on any atom is -0.506 e. The van der Waals surface area contributed by atoms with Crippen LogP contribution in [0.5, 0.6) is 5.75 Å². The largest absolute Gasteiger partial charge is 0.506 e. The lowest BCUT2D eigenvalue weighted by Crippen LogP contribution is -2.49. The molecule has 1 aliphatic rings. The summed E-state index contributed by atoms with van der Waals surface area (Å²) in [6.07, 6.45) is 0. The van der Waals surface area contributed by atoms with Gasteiger partial charge in [0.15, 0.2) is 0 Å². The van der Waals surface area contributed by atoms with E-state index in [1.54, 1.807) is 35.2 Å². The maximum Gasteiger partial charge on any atom is 0.264 e. The lowest BCUT2D eigenvalue weighted by Gasteiger charge is -2.36. The van der Waals surface area contributed by atoms with E-state index in [1.165, 1.54) is 18.2 Å². The van der Waals surface area contributed by atoms with Crippen molar-refractivity contribution in [3.63, 3.8) is 0 Å². The van der Waals surface area contributed by atoms with Crippen molar-refractivity contribution in [2.24, 2.45) is 0 Å². The van der Waals surface area contributed by atoms with Crippen LogP contribution in [0.15, 0.2) is 65.6 Å². The van der Waals surface area contributed by atoms with E-state index in [0.717, 1.165) is 11.7 Å². The molecule has 1 aromatic heterocycles. The molecular formula is C23H20ClN5O4S2. The fourth-order valence-electron chi connectivity index (χ4n) is 4.04. The number of aromatic hydroxyl groups is 1. The van der Waals surface area contributed by atoms with Gasteiger partial charge in [-0.2, -0.15) is 8.75 Å². The van der Waals surface area contributed by atoms with E-state index in [2.05, 4.69) is 13.5 Å². The van der Waals surface area contributed by atoms with Crippen molar-refractivity contribution in [2.75, 3.05) is 35.8 Å². The Balaban J connectivity index is 1.39. The number of para-hydroxylation sites is 2. The molecule has 3 aromatic carbocycles. The molecule has 180 valence electrons. The van der Waals surface area contributed by atoms with E-state index in [-0.39, 0.29) is 38.3 Å². The minimum atomic E-state index is -4.07. The maximum absolute atomic E-state index is 13.4. The molecule has 0 unspecified atom stereocenters. The third kappa shape index (κ3) is 4.62. The number of halogens is 1. The zero-order chi connectivity index (χ0) is 24.6. The van der Waals surface area contributed by atoms with E-state index in [9.17, 15) is 18.3 Å². The van der Waals surface area contributed by atoms with E-state index < -0.39 is 10.0 Å². The lowest BCUT2D eigenvalue weighted by atomic mass is 10.1.